The Hall–Kier alpha value is -2.04. The Labute approximate surface area is 136 Å². The molecule has 0 radical (unpaired) electrons. The van der Waals surface area contributed by atoms with Gasteiger partial charge in [-0.1, -0.05) is 0 Å². The summed E-state index contributed by atoms with van der Waals surface area (Å²) in [5, 5.41) is 0. The molecule has 0 spiro atoms. The predicted octanol–water partition coefficient (Wildman–Crippen LogP) is 3.21. The maximum Gasteiger partial charge on any atom is 0.257 e. The van der Waals surface area contributed by atoms with Gasteiger partial charge >= 0.3 is 0 Å². The van der Waals surface area contributed by atoms with Gasteiger partial charge in [0, 0.05) is 37.4 Å². The Bertz CT molecular complexity index is 685. The minimum Gasteiger partial charge on any atom is -0.472 e. The summed E-state index contributed by atoms with van der Waals surface area (Å²) in [6.07, 6.45) is 9.88. The Morgan fingerprint density at radius 1 is 1.39 bits per heavy atom. The second-order valence-corrected chi connectivity index (χ2v) is 6.91. The molecular formula is C18H23N3O2. The molecule has 23 heavy (non-hydrogen) atoms. The van der Waals surface area contributed by atoms with Gasteiger partial charge in [-0.05, 0) is 44.6 Å². The second-order valence-electron chi connectivity index (χ2n) is 6.91. The molecule has 1 amide bonds. The fourth-order valence-electron chi connectivity index (χ4n) is 3.61. The SMILES string of the molecule is Cc1cnc(C2CC2)n1CC1CCCN(C(=O)c2ccoc2)C1. The standard InChI is InChI=1S/C18H23N3O2/c1-13-9-19-17(15-4-5-15)21(13)11-14-3-2-7-20(10-14)18(22)16-6-8-23-12-16/h6,8-9,12,14-15H,2-5,7,10-11H2,1H3. The first-order chi connectivity index (χ1) is 11.2. The normalized spacial score (nSPS) is 21.6. The lowest BCUT2D eigenvalue weighted by molar-refractivity contribution is 0.0661. The average Bonchev–Trinajstić information content (AvgIpc) is 3.13. The van der Waals surface area contributed by atoms with Crippen LogP contribution in [0.2, 0.25) is 0 Å². The topological polar surface area (TPSA) is 51.3 Å². The lowest BCUT2D eigenvalue weighted by Crippen LogP contribution is -2.41. The van der Waals surface area contributed by atoms with E-state index in [1.165, 1.54) is 37.0 Å². The molecule has 2 aromatic heterocycles. The first-order valence-electron chi connectivity index (χ1n) is 8.56. The number of carbonyl (C=O) groups excluding carboxylic acids is 1. The molecule has 1 saturated heterocycles. The van der Waals surface area contributed by atoms with E-state index in [9.17, 15) is 4.79 Å². The van der Waals surface area contributed by atoms with Crippen LogP contribution >= 0.6 is 0 Å². The number of furan rings is 1. The molecule has 122 valence electrons. The van der Waals surface area contributed by atoms with E-state index in [0.717, 1.165) is 26.1 Å². The first-order valence-corrected chi connectivity index (χ1v) is 8.56. The minimum absolute atomic E-state index is 0.0909. The predicted molar refractivity (Wildman–Crippen MR) is 86.3 cm³/mol. The van der Waals surface area contributed by atoms with Gasteiger partial charge in [-0.15, -0.1) is 0 Å². The van der Waals surface area contributed by atoms with Crippen LogP contribution in [0.1, 0.15) is 53.5 Å². The number of piperidine rings is 1. The van der Waals surface area contributed by atoms with E-state index in [1.807, 2.05) is 11.1 Å². The summed E-state index contributed by atoms with van der Waals surface area (Å²) in [7, 11) is 0. The van der Waals surface area contributed by atoms with E-state index < -0.39 is 0 Å². The van der Waals surface area contributed by atoms with Gasteiger partial charge in [0.25, 0.3) is 5.91 Å². The largest absolute Gasteiger partial charge is 0.472 e. The highest BCUT2D eigenvalue weighted by Crippen LogP contribution is 2.40. The third-order valence-corrected chi connectivity index (χ3v) is 5.04. The molecule has 1 saturated carbocycles. The zero-order valence-electron chi connectivity index (χ0n) is 13.6. The number of hydrogen-bond acceptors (Lipinski definition) is 3. The number of carbonyl (C=O) groups is 1. The highest BCUT2D eigenvalue weighted by Gasteiger charge is 2.31. The van der Waals surface area contributed by atoms with Crippen molar-refractivity contribution in [2.75, 3.05) is 13.1 Å². The fourth-order valence-corrected chi connectivity index (χ4v) is 3.61. The molecule has 4 rings (SSSR count). The van der Waals surface area contributed by atoms with Crippen LogP contribution in [0.4, 0.5) is 0 Å². The number of nitrogens with zero attached hydrogens (tertiary/aromatic N) is 3. The molecule has 5 heteroatoms. The third kappa shape index (κ3) is 2.92. The monoisotopic (exact) mass is 313 g/mol. The summed E-state index contributed by atoms with van der Waals surface area (Å²) in [6, 6.07) is 1.75. The lowest BCUT2D eigenvalue weighted by Gasteiger charge is -2.33. The van der Waals surface area contributed by atoms with Crippen molar-refractivity contribution < 1.29 is 9.21 Å². The van der Waals surface area contributed by atoms with Crippen LogP contribution in [0, 0.1) is 12.8 Å². The van der Waals surface area contributed by atoms with Gasteiger partial charge in [0.2, 0.25) is 0 Å². The van der Waals surface area contributed by atoms with Gasteiger partial charge in [-0.2, -0.15) is 0 Å². The molecule has 1 aliphatic heterocycles. The molecule has 2 aliphatic rings. The summed E-state index contributed by atoms with van der Waals surface area (Å²) in [5.41, 5.74) is 1.90. The molecule has 0 N–H and O–H groups in total. The van der Waals surface area contributed by atoms with Gasteiger partial charge in [-0.3, -0.25) is 4.79 Å². The zero-order valence-corrected chi connectivity index (χ0v) is 13.6. The zero-order chi connectivity index (χ0) is 15.8. The summed E-state index contributed by atoms with van der Waals surface area (Å²) < 4.78 is 7.43. The number of hydrogen-bond donors (Lipinski definition) is 0. The third-order valence-electron chi connectivity index (χ3n) is 5.04. The molecule has 1 aliphatic carbocycles. The fraction of sp³-hybridized carbons (Fsp3) is 0.556. The van der Waals surface area contributed by atoms with E-state index in [1.54, 1.807) is 12.3 Å². The summed E-state index contributed by atoms with van der Waals surface area (Å²) in [5.74, 6) is 2.51. The number of likely N-dealkylation sites (tertiary alicyclic amines) is 1. The quantitative estimate of drug-likeness (QED) is 0.871. The second kappa shape index (κ2) is 5.87. The molecule has 1 atom stereocenters. The van der Waals surface area contributed by atoms with Crippen molar-refractivity contribution in [1.29, 1.82) is 0 Å². The first kappa shape index (κ1) is 14.5. The molecule has 1 unspecified atom stereocenters. The van der Waals surface area contributed by atoms with Crippen LogP contribution in [0.3, 0.4) is 0 Å². The lowest BCUT2D eigenvalue weighted by atomic mass is 9.97. The molecule has 2 aromatic rings. The minimum atomic E-state index is 0.0909. The van der Waals surface area contributed by atoms with E-state index in [0.29, 0.717) is 17.4 Å². The number of imidazole rings is 1. The summed E-state index contributed by atoms with van der Waals surface area (Å²) in [6.45, 7) is 4.79. The number of amides is 1. The molecule has 0 aromatic carbocycles. The van der Waals surface area contributed by atoms with Crippen molar-refractivity contribution in [3.05, 3.63) is 41.9 Å². The van der Waals surface area contributed by atoms with Gasteiger partial charge in [-0.25, -0.2) is 4.98 Å². The van der Waals surface area contributed by atoms with Crippen molar-refractivity contribution in [2.24, 2.45) is 5.92 Å². The number of aromatic nitrogens is 2. The van der Waals surface area contributed by atoms with Gasteiger partial charge in [0.05, 0.1) is 11.8 Å². The van der Waals surface area contributed by atoms with Crippen molar-refractivity contribution >= 4 is 5.91 Å². The van der Waals surface area contributed by atoms with Crippen LogP contribution in [-0.4, -0.2) is 33.4 Å². The van der Waals surface area contributed by atoms with Gasteiger partial charge < -0.3 is 13.9 Å². The highest BCUT2D eigenvalue weighted by molar-refractivity contribution is 5.93. The van der Waals surface area contributed by atoms with Crippen LogP contribution in [0.5, 0.6) is 0 Å². The maximum atomic E-state index is 12.5. The molecule has 3 heterocycles. The van der Waals surface area contributed by atoms with Crippen LogP contribution < -0.4 is 0 Å². The molecule has 0 bridgehead atoms. The maximum absolute atomic E-state index is 12.5. The number of rotatable bonds is 4. The van der Waals surface area contributed by atoms with Crippen LogP contribution in [0.15, 0.2) is 29.2 Å². The van der Waals surface area contributed by atoms with E-state index in [2.05, 4.69) is 16.5 Å². The van der Waals surface area contributed by atoms with Crippen molar-refractivity contribution in [3.63, 3.8) is 0 Å². The van der Waals surface area contributed by atoms with Crippen LogP contribution in [-0.2, 0) is 6.54 Å². The molecule has 2 fully saturated rings. The summed E-state index contributed by atoms with van der Waals surface area (Å²) in [4.78, 5) is 19.1. The van der Waals surface area contributed by atoms with Crippen molar-refractivity contribution in [1.82, 2.24) is 14.5 Å². The smallest absolute Gasteiger partial charge is 0.257 e. The molecule has 5 nitrogen and oxygen atoms in total. The van der Waals surface area contributed by atoms with Crippen LogP contribution in [0.25, 0.3) is 0 Å². The Morgan fingerprint density at radius 3 is 3.00 bits per heavy atom. The van der Waals surface area contributed by atoms with Gasteiger partial charge in [0.15, 0.2) is 0 Å². The van der Waals surface area contributed by atoms with Gasteiger partial charge in [0.1, 0.15) is 12.1 Å². The number of aryl methyl sites for hydroxylation is 1. The highest BCUT2D eigenvalue weighted by atomic mass is 16.3. The van der Waals surface area contributed by atoms with Crippen molar-refractivity contribution in [2.45, 2.75) is 45.1 Å². The van der Waals surface area contributed by atoms with E-state index >= 15 is 0 Å². The van der Waals surface area contributed by atoms with E-state index in [-0.39, 0.29) is 5.91 Å². The van der Waals surface area contributed by atoms with Crippen molar-refractivity contribution in [3.8, 4) is 0 Å². The Kier molecular flexibility index (Phi) is 3.71. The Balaban J connectivity index is 1.46. The Morgan fingerprint density at radius 2 is 2.26 bits per heavy atom. The average molecular weight is 313 g/mol. The summed E-state index contributed by atoms with van der Waals surface area (Å²) >= 11 is 0. The van der Waals surface area contributed by atoms with E-state index in [4.69, 9.17) is 4.42 Å². The molecular weight excluding hydrogens is 290 g/mol.